The Hall–Kier alpha value is -2.86. The van der Waals surface area contributed by atoms with Crippen LogP contribution >= 0.6 is 0 Å². The zero-order valence-corrected chi connectivity index (χ0v) is 17.0. The maximum Gasteiger partial charge on any atom is 0.338 e. The molecule has 1 N–H and O–H groups in total. The maximum absolute atomic E-state index is 11.8. The molecule has 0 aliphatic carbocycles. The molecule has 0 aliphatic rings. The zero-order chi connectivity index (χ0) is 20.6. The number of hydrogen-bond acceptors (Lipinski definition) is 5. The number of rotatable bonds is 10. The van der Waals surface area contributed by atoms with E-state index in [0.29, 0.717) is 24.5 Å². The first-order chi connectivity index (χ1) is 14.1. The molecule has 0 bridgehead atoms. The van der Waals surface area contributed by atoms with Crippen LogP contribution in [0.25, 0.3) is 11.0 Å². The van der Waals surface area contributed by atoms with Crippen LogP contribution in [0.3, 0.4) is 0 Å². The number of ether oxygens (including phenoxy) is 2. The van der Waals surface area contributed by atoms with Crippen molar-refractivity contribution >= 4 is 17.0 Å². The Morgan fingerprint density at radius 2 is 1.86 bits per heavy atom. The third kappa shape index (κ3) is 5.35. The third-order valence-corrected chi connectivity index (χ3v) is 4.57. The molecule has 6 nitrogen and oxygen atoms in total. The van der Waals surface area contributed by atoms with Gasteiger partial charge in [-0.05, 0) is 49.2 Å². The smallest absolute Gasteiger partial charge is 0.338 e. The molecule has 2 aromatic carbocycles. The average molecular weight is 396 g/mol. The van der Waals surface area contributed by atoms with E-state index >= 15 is 0 Å². The first-order valence-corrected chi connectivity index (χ1v) is 10.1. The largest absolute Gasteiger partial charge is 0.491 e. The summed E-state index contributed by atoms with van der Waals surface area (Å²) < 4.78 is 12.9. The van der Waals surface area contributed by atoms with Crippen LogP contribution in [0.5, 0.6) is 5.75 Å². The summed E-state index contributed by atoms with van der Waals surface area (Å²) in [7, 11) is 0. The highest BCUT2D eigenvalue weighted by Crippen LogP contribution is 2.18. The summed E-state index contributed by atoms with van der Waals surface area (Å²) in [6, 6.07) is 14.7. The molecule has 0 saturated heterocycles. The van der Waals surface area contributed by atoms with Gasteiger partial charge in [0, 0.05) is 6.42 Å². The molecule has 0 amide bonds. The van der Waals surface area contributed by atoms with Crippen LogP contribution in [-0.4, -0.2) is 39.9 Å². The number of aliphatic hydroxyl groups is 1. The van der Waals surface area contributed by atoms with Crippen LogP contribution in [-0.2, 0) is 17.7 Å². The van der Waals surface area contributed by atoms with Crippen LogP contribution in [0.4, 0.5) is 0 Å². The predicted octanol–water partition coefficient (Wildman–Crippen LogP) is 4.00. The van der Waals surface area contributed by atoms with Crippen molar-refractivity contribution in [3.8, 4) is 5.75 Å². The van der Waals surface area contributed by atoms with E-state index in [-0.39, 0.29) is 12.6 Å². The molecule has 1 aromatic heterocycles. The highest BCUT2D eigenvalue weighted by Gasteiger charge is 2.14. The molecule has 0 aliphatic heterocycles. The molecule has 0 radical (unpaired) electrons. The second-order valence-electron chi connectivity index (χ2n) is 7.00. The minimum absolute atomic E-state index is 0.150. The van der Waals surface area contributed by atoms with E-state index in [0.717, 1.165) is 36.1 Å². The van der Waals surface area contributed by atoms with Crippen molar-refractivity contribution < 1.29 is 19.4 Å². The molecule has 0 fully saturated rings. The second-order valence-corrected chi connectivity index (χ2v) is 7.00. The van der Waals surface area contributed by atoms with Crippen LogP contribution in [0.15, 0.2) is 48.5 Å². The van der Waals surface area contributed by atoms with Gasteiger partial charge in [-0.3, -0.25) is 0 Å². The van der Waals surface area contributed by atoms with Crippen molar-refractivity contribution in [3.05, 3.63) is 59.9 Å². The fraction of sp³-hybridized carbons (Fsp3) is 0.391. The number of para-hydroxylation sites is 2. The molecule has 29 heavy (non-hydrogen) atoms. The van der Waals surface area contributed by atoms with Crippen LogP contribution < -0.4 is 4.74 Å². The van der Waals surface area contributed by atoms with E-state index in [1.54, 1.807) is 24.3 Å². The number of aromatic nitrogens is 2. The van der Waals surface area contributed by atoms with E-state index in [1.165, 1.54) is 0 Å². The van der Waals surface area contributed by atoms with Gasteiger partial charge < -0.3 is 19.1 Å². The fourth-order valence-electron chi connectivity index (χ4n) is 3.16. The first-order valence-electron chi connectivity index (χ1n) is 10.1. The van der Waals surface area contributed by atoms with Crippen molar-refractivity contribution in [2.24, 2.45) is 0 Å². The molecule has 0 spiro atoms. The SMILES string of the molecule is CCCOC(=O)c1ccc(OC[C@@H](O)Cn2c(CCC)nc3ccccc32)cc1. The molecule has 0 unspecified atom stereocenters. The van der Waals surface area contributed by atoms with Crippen LogP contribution in [0.2, 0.25) is 0 Å². The quantitative estimate of drug-likeness (QED) is 0.525. The maximum atomic E-state index is 11.8. The number of esters is 1. The van der Waals surface area contributed by atoms with Gasteiger partial charge in [-0.25, -0.2) is 9.78 Å². The molecule has 6 heteroatoms. The number of aryl methyl sites for hydroxylation is 1. The molecule has 0 saturated carbocycles. The van der Waals surface area contributed by atoms with Gasteiger partial charge in [-0.2, -0.15) is 0 Å². The second kappa shape index (κ2) is 10.1. The van der Waals surface area contributed by atoms with Crippen molar-refractivity contribution in [1.82, 2.24) is 9.55 Å². The Labute approximate surface area is 171 Å². The highest BCUT2D eigenvalue weighted by molar-refractivity contribution is 5.89. The average Bonchev–Trinajstić information content (AvgIpc) is 3.08. The Morgan fingerprint density at radius 3 is 2.59 bits per heavy atom. The number of nitrogens with zero attached hydrogens (tertiary/aromatic N) is 2. The molecule has 3 aromatic rings. The lowest BCUT2D eigenvalue weighted by Gasteiger charge is -2.16. The fourth-order valence-corrected chi connectivity index (χ4v) is 3.16. The highest BCUT2D eigenvalue weighted by atomic mass is 16.5. The molecular weight excluding hydrogens is 368 g/mol. The number of benzene rings is 2. The lowest BCUT2D eigenvalue weighted by Crippen LogP contribution is -2.24. The van der Waals surface area contributed by atoms with Gasteiger partial charge in [-0.1, -0.05) is 26.0 Å². The summed E-state index contributed by atoms with van der Waals surface area (Å²) in [6.45, 7) is 5.04. The van der Waals surface area contributed by atoms with Gasteiger partial charge >= 0.3 is 5.97 Å². The Bertz CT molecular complexity index is 934. The number of carbonyl (C=O) groups is 1. The van der Waals surface area contributed by atoms with E-state index in [2.05, 4.69) is 16.5 Å². The molecule has 1 heterocycles. The summed E-state index contributed by atoms with van der Waals surface area (Å²) >= 11 is 0. The monoisotopic (exact) mass is 396 g/mol. The van der Waals surface area contributed by atoms with Crippen LogP contribution in [0, 0.1) is 0 Å². The van der Waals surface area contributed by atoms with Gasteiger partial charge in [0.25, 0.3) is 0 Å². The van der Waals surface area contributed by atoms with Gasteiger partial charge in [0.2, 0.25) is 0 Å². The Balaban J connectivity index is 1.60. The number of hydrogen-bond donors (Lipinski definition) is 1. The van der Waals surface area contributed by atoms with E-state index in [1.807, 2.05) is 31.2 Å². The van der Waals surface area contributed by atoms with Gasteiger partial charge in [0.15, 0.2) is 0 Å². The van der Waals surface area contributed by atoms with Gasteiger partial charge in [0.1, 0.15) is 24.3 Å². The topological polar surface area (TPSA) is 73.6 Å². The summed E-state index contributed by atoms with van der Waals surface area (Å²) in [5.41, 5.74) is 2.44. The Morgan fingerprint density at radius 1 is 1.10 bits per heavy atom. The normalized spacial score (nSPS) is 12.1. The summed E-state index contributed by atoms with van der Waals surface area (Å²) in [5, 5.41) is 10.5. The number of fused-ring (bicyclic) bond motifs is 1. The van der Waals surface area contributed by atoms with Crippen molar-refractivity contribution in [2.75, 3.05) is 13.2 Å². The van der Waals surface area contributed by atoms with Crippen LogP contribution in [0.1, 0.15) is 42.9 Å². The lowest BCUT2D eigenvalue weighted by atomic mass is 10.2. The van der Waals surface area contributed by atoms with Gasteiger partial charge in [-0.15, -0.1) is 0 Å². The van der Waals surface area contributed by atoms with Crippen molar-refractivity contribution in [2.45, 2.75) is 45.8 Å². The van der Waals surface area contributed by atoms with Gasteiger partial charge in [0.05, 0.1) is 29.7 Å². The minimum atomic E-state index is -0.683. The van der Waals surface area contributed by atoms with E-state index in [4.69, 9.17) is 9.47 Å². The summed E-state index contributed by atoms with van der Waals surface area (Å²) in [6.07, 6.45) is 1.95. The molecule has 154 valence electrons. The lowest BCUT2D eigenvalue weighted by molar-refractivity contribution is 0.0505. The predicted molar refractivity (Wildman–Crippen MR) is 112 cm³/mol. The standard InChI is InChI=1S/C23H28N2O4/c1-3-7-22-24-20-8-5-6-9-21(20)25(22)15-18(26)16-29-19-12-10-17(11-13-19)23(27)28-14-4-2/h5-6,8-13,18,26H,3-4,7,14-16H2,1-2H3/t18-/m0/s1. The van der Waals surface area contributed by atoms with Crippen molar-refractivity contribution in [3.63, 3.8) is 0 Å². The number of imidazole rings is 1. The first kappa shape index (κ1) is 20.9. The molecule has 3 rings (SSSR count). The number of aliphatic hydroxyl groups excluding tert-OH is 1. The van der Waals surface area contributed by atoms with E-state index in [9.17, 15) is 9.90 Å². The van der Waals surface area contributed by atoms with E-state index < -0.39 is 6.10 Å². The van der Waals surface area contributed by atoms with Crippen molar-refractivity contribution in [1.29, 1.82) is 0 Å². The summed E-state index contributed by atoms with van der Waals surface area (Å²) in [4.78, 5) is 16.5. The molecule has 1 atom stereocenters. The molecular formula is C23H28N2O4. The minimum Gasteiger partial charge on any atom is -0.491 e. The third-order valence-electron chi connectivity index (χ3n) is 4.57. The number of carbonyl (C=O) groups excluding carboxylic acids is 1. The zero-order valence-electron chi connectivity index (χ0n) is 17.0. The summed E-state index contributed by atoms with van der Waals surface area (Å²) in [5.74, 6) is 1.23. The Kier molecular flexibility index (Phi) is 7.25.